The Balaban J connectivity index is 1.78. The lowest BCUT2D eigenvalue weighted by molar-refractivity contribution is 0.414. The van der Waals surface area contributed by atoms with Crippen molar-refractivity contribution in [3.63, 3.8) is 0 Å². The lowest BCUT2D eigenvalue weighted by Crippen LogP contribution is -1.97. The molecule has 0 N–H and O–H groups in total. The number of rotatable bonds is 8. The quantitative estimate of drug-likeness (QED) is 0.218. The number of hydrogen-bond acceptors (Lipinski definition) is 6. The predicted molar refractivity (Wildman–Crippen MR) is 164 cm³/mol. The van der Waals surface area contributed by atoms with E-state index in [2.05, 4.69) is 48.5 Å². The smallest absolute Gasteiger partial charge is 0.118 e. The fraction of sp³-hybridized carbons (Fsp3) is 0.152. The summed E-state index contributed by atoms with van der Waals surface area (Å²) in [6, 6.07) is 33.2. The third-order valence-electron chi connectivity index (χ3n) is 6.58. The van der Waals surface area contributed by atoms with Crippen LogP contribution in [-0.2, 0) is 0 Å². The molecule has 6 heteroatoms. The minimum Gasteiger partial charge on any atom is -0.497 e. The van der Waals surface area contributed by atoms with Crippen LogP contribution < -0.4 is 18.9 Å². The van der Waals surface area contributed by atoms with Crippen LogP contribution in [0.15, 0.2) is 107 Å². The Bertz CT molecular complexity index is 1260. The van der Waals surface area contributed by atoms with Crippen LogP contribution in [0, 0.1) is 0 Å². The van der Waals surface area contributed by atoms with E-state index in [-0.39, 0.29) is 0 Å². The highest BCUT2D eigenvalue weighted by Gasteiger charge is 2.26. The highest BCUT2D eigenvalue weighted by atomic mass is 32.2. The summed E-state index contributed by atoms with van der Waals surface area (Å²) in [5.41, 5.74) is 6.90. The summed E-state index contributed by atoms with van der Waals surface area (Å²) < 4.78 is 21.8. The van der Waals surface area contributed by atoms with Gasteiger partial charge in [-0.1, -0.05) is 48.5 Å². The molecule has 1 saturated heterocycles. The Morgan fingerprint density at radius 1 is 0.410 bits per heavy atom. The van der Waals surface area contributed by atoms with Crippen LogP contribution in [0.1, 0.15) is 22.3 Å². The first-order valence-corrected chi connectivity index (χ1v) is 14.4. The largest absolute Gasteiger partial charge is 0.497 e. The van der Waals surface area contributed by atoms with E-state index in [0.29, 0.717) is 0 Å². The maximum Gasteiger partial charge on any atom is 0.118 e. The van der Waals surface area contributed by atoms with Gasteiger partial charge in [0.15, 0.2) is 0 Å². The van der Waals surface area contributed by atoms with Crippen LogP contribution >= 0.6 is 23.5 Å². The van der Waals surface area contributed by atoms with E-state index in [1.165, 1.54) is 21.0 Å². The Labute approximate surface area is 238 Å². The van der Waals surface area contributed by atoms with Gasteiger partial charge in [0.05, 0.1) is 28.4 Å². The maximum atomic E-state index is 5.45. The number of thioether (sulfide) groups is 2. The van der Waals surface area contributed by atoms with Crippen molar-refractivity contribution in [2.45, 2.75) is 0 Å². The van der Waals surface area contributed by atoms with Gasteiger partial charge < -0.3 is 18.9 Å². The summed E-state index contributed by atoms with van der Waals surface area (Å²) in [7, 11) is 6.77. The fourth-order valence-corrected chi connectivity index (χ4v) is 7.30. The number of methoxy groups -OCH3 is 4. The van der Waals surface area contributed by atoms with Crippen molar-refractivity contribution >= 4 is 34.7 Å². The number of benzene rings is 4. The molecule has 0 spiro atoms. The van der Waals surface area contributed by atoms with Crippen LogP contribution in [0.4, 0.5) is 0 Å². The zero-order valence-electron chi connectivity index (χ0n) is 22.4. The van der Waals surface area contributed by atoms with Gasteiger partial charge in [-0.05, 0) is 70.8 Å². The SMILES string of the molecule is COc1ccc(C(=C2SCSC2=C(c2ccc(OC)cc2)c2ccc(OC)cc2)c2ccc(OC)cc2)cc1. The Morgan fingerprint density at radius 3 is 0.846 bits per heavy atom. The summed E-state index contributed by atoms with van der Waals surface area (Å²) in [4.78, 5) is 2.49. The second-order valence-electron chi connectivity index (χ2n) is 8.73. The van der Waals surface area contributed by atoms with Gasteiger partial charge in [-0.3, -0.25) is 0 Å². The molecule has 0 bridgehead atoms. The van der Waals surface area contributed by atoms with Gasteiger partial charge in [-0.25, -0.2) is 0 Å². The molecular formula is C33H30O4S2. The average molecular weight is 555 g/mol. The molecule has 39 heavy (non-hydrogen) atoms. The molecule has 0 radical (unpaired) electrons. The molecule has 0 amide bonds. The number of hydrogen-bond donors (Lipinski definition) is 0. The average Bonchev–Trinajstić information content (AvgIpc) is 3.47. The Morgan fingerprint density at radius 2 is 0.641 bits per heavy atom. The van der Waals surface area contributed by atoms with Crippen LogP contribution in [-0.4, -0.2) is 33.5 Å². The van der Waals surface area contributed by atoms with Crippen LogP contribution in [0.3, 0.4) is 0 Å². The summed E-state index contributed by atoms with van der Waals surface area (Å²) in [5, 5.41) is 0.927. The number of ether oxygens (including phenoxy) is 4. The van der Waals surface area contributed by atoms with Crippen molar-refractivity contribution in [3.05, 3.63) is 129 Å². The molecule has 1 heterocycles. The van der Waals surface area contributed by atoms with Gasteiger partial charge >= 0.3 is 0 Å². The zero-order valence-corrected chi connectivity index (χ0v) is 24.0. The molecule has 0 aliphatic carbocycles. The molecule has 4 aromatic rings. The van der Waals surface area contributed by atoms with Crippen LogP contribution in [0.25, 0.3) is 11.1 Å². The molecular weight excluding hydrogens is 524 g/mol. The van der Waals surface area contributed by atoms with Crippen LogP contribution in [0.5, 0.6) is 23.0 Å². The van der Waals surface area contributed by atoms with Crippen molar-refractivity contribution in [1.29, 1.82) is 0 Å². The van der Waals surface area contributed by atoms with Gasteiger partial charge in [0.2, 0.25) is 0 Å². The summed E-state index contributed by atoms with van der Waals surface area (Å²) in [6.45, 7) is 0. The third kappa shape index (κ3) is 5.82. The summed E-state index contributed by atoms with van der Waals surface area (Å²) in [6.07, 6.45) is 0. The van der Waals surface area contributed by atoms with Crippen LogP contribution in [0.2, 0.25) is 0 Å². The first-order chi connectivity index (χ1) is 19.1. The van der Waals surface area contributed by atoms with Crippen molar-refractivity contribution in [1.82, 2.24) is 0 Å². The van der Waals surface area contributed by atoms with E-state index in [1.54, 1.807) is 28.4 Å². The fourth-order valence-electron chi connectivity index (χ4n) is 4.54. The van der Waals surface area contributed by atoms with Gasteiger partial charge in [0.25, 0.3) is 0 Å². The Hall–Kier alpha value is -3.74. The molecule has 0 unspecified atom stereocenters. The monoisotopic (exact) mass is 554 g/mol. The topological polar surface area (TPSA) is 36.9 Å². The summed E-state index contributed by atoms with van der Waals surface area (Å²) in [5.74, 6) is 3.33. The van der Waals surface area contributed by atoms with E-state index in [1.807, 2.05) is 72.1 Å². The van der Waals surface area contributed by atoms with E-state index >= 15 is 0 Å². The molecule has 0 aromatic heterocycles. The molecule has 4 aromatic carbocycles. The molecule has 1 aliphatic heterocycles. The van der Waals surface area contributed by atoms with Crippen molar-refractivity contribution in [3.8, 4) is 23.0 Å². The van der Waals surface area contributed by atoms with Gasteiger partial charge in [-0.2, -0.15) is 0 Å². The molecule has 4 nitrogen and oxygen atoms in total. The standard InChI is InChI=1S/C33H30O4S2/c1-34-26-13-5-22(6-14-26)30(23-7-15-27(35-2)16-8-23)32-33(39-21-38-32)31(24-9-17-28(36-3)18-10-24)25-11-19-29(37-4)20-12-25/h5-20H,21H2,1-4H3. The molecule has 5 rings (SSSR count). The minimum absolute atomic E-state index is 0.833. The van der Waals surface area contributed by atoms with E-state index in [4.69, 9.17) is 18.9 Å². The maximum absolute atomic E-state index is 5.45. The minimum atomic E-state index is 0.833. The van der Waals surface area contributed by atoms with Crippen molar-refractivity contribution < 1.29 is 18.9 Å². The van der Waals surface area contributed by atoms with Crippen molar-refractivity contribution in [2.24, 2.45) is 0 Å². The molecule has 0 saturated carbocycles. The van der Waals surface area contributed by atoms with Crippen molar-refractivity contribution in [2.75, 3.05) is 33.5 Å². The van der Waals surface area contributed by atoms with E-state index < -0.39 is 0 Å². The second kappa shape index (κ2) is 12.4. The van der Waals surface area contributed by atoms with Gasteiger partial charge in [0.1, 0.15) is 23.0 Å². The first kappa shape index (κ1) is 26.9. The molecule has 1 fully saturated rings. The normalized spacial score (nSPS) is 12.7. The highest BCUT2D eigenvalue weighted by Crippen LogP contribution is 2.53. The van der Waals surface area contributed by atoms with E-state index in [9.17, 15) is 0 Å². The second-order valence-corrected chi connectivity index (χ2v) is 11.1. The van der Waals surface area contributed by atoms with E-state index in [0.717, 1.165) is 50.3 Å². The summed E-state index contributed by atoms with van der Waals surface area (Å²) >= 11 is 3.75. The lowest BCUT2D eigenvalue weighted by atomic mass is 9.93. The Kier molecular flexibility index (Phi) is 8.54. The highest BCUT2D eigenvalue weighted by molar-refractivity contribution is 8.24. The predicted octanol–water partition coefficient (Wildman–Crippen LogP) is 8.38. The molecule has 198 valence electrons. The molecule has 1 aliphatic rings. The van der Waals surface area contributed by atoms with Gasteiger partial charge in [-0.15, -0.1) is 23.5 Å². The van der Waals surface area contributed by atoms with Gasteiger partial charge in [0, 0.05) is 26.0 Å². The lowest BCUT2D eigenvalue weighted by Gasteiger charge is -2.18. The third-order valence-corrected chi connectivity index (χ3v) is 9.05. The first-order valence-electron chi connectivity index (χ1n) is 12.5. The molecule has 0 atom stereocenters. The zero-order chi connectivity index (χ0) is 27.2.